The number of carbonyl (C=O) groups excluding carboxylic acids is 2. The average Bonchev–Trinajstić information content (AvgIpc) is 3.05. The first-order chi connectivity index (χ1) is 25.1. The summed E-state index contributed by atoms with van der Waals surface area (Å²) < 4.78 is 19.4. The summed E-state index contributed by atoms with van der Waals surface area (Å²) in [6.45, 7) is 29.5. The van der Waals surface area contributed by atoms with Crippen LogP contribution in [-0.4, -0.2) is 41.6 Å². The van der Waals surface area contributed by atoms with E-state index in [2.05, 4.69) is 73.6 Å². The zero-order valence-corrected chi connectivity index (χ0v) is 35.8. The van der Waals surface area contributed by atoms with Gasteiger partial charge in [0, 0.05) is 11.5 Å². The molecule has 6 nitrogen and oxygen atoms in total. The lowest BCUT2D eigenvalue weighted by atomic mass is 9.38. The van der Waals surface area contributed by atoms with Crippen LogP contribution in [0.2, 0.25) is 0 Å². The molecule has 1 heterocycles. The van der Waals surface area contributed by atoms with Crippen LogP contribution in [0.5, 0.6) is 11.5 Å². The van der Waals surface area contributed by atoms with Crippen molar-refractivity contribution < 1.29 is 28.9 Å². The van der Waals surface area contributed by atoms with Gasteiger partial charge in [0.1, 0.15) is 30.1 Å². The van der Waals surface area contributed by atoms with E-state index in [1.54, 1.807) is 18.2 Å². The molecule has 1 saturated heterocycles. The number of rotatable bonds is 14. The molecule has 3 aliphatic rings. The van der Waals surface area contributed by atoms with Gasteiger partial charge in [-0.05, 0) is 157 Å². The molecule has 4 rings (SSSR count). The highest BCUT2D eigenvalue weighted by atomic mass is 16.5. The van der Waals surface area contributed by atoms with Gasteiger partial charge in [-0.1, -0.05) is 59.9 Å². The molecule has 6 heteroatoms. The molecule has 5 unspecified atom stereocenters. The van der Waals surface area contributed by atoms with Gasteiger partial charge in [-0.2, -0.15) is 0 Å². The van der Waals surface area contributed by atoms with Gasteiger partial charge in [-0.15, -0.1) is 0 Å². The molecule has 296 valence electrons. The van der Waals surface area contributed by atoms with Gasteiger partial charge in [0.25, 0.3) is 0 Å². The summed E-state index contributed by atoms with van der Waals surface area (Å²) in [7, 11) is 0. The van der Waals surface area contributed by atoms with Crippen LogP contribution in [-0.2, 0) is 9.53 Å². The number of hydrogen-bond donors (Lipinski definition) is 1. The summed E-state index contributed by atoms with van der Waals surface area (Å²) in [4.78, 5) is 31.0. The normalized spacial score (nSPS) is 26.4. The summed E-state index contributed by atoms with van der Waals surface area (Å²) in [5.41, 5.74) is 2.58. The van der Waals surface area contributed by atoms with Crippen molar-refractivity contribution in [2.24, 2.45) is 28.1 Å². The monoisotopic (exact) mass is 741 g/mol. The molecule has 1 aliphatic heterocycles. The largest absolute Gasteiger partial charge is 0.490 e. The van der Waals surface area contributed by atoms with E-state index in [1.165, 1.54) is 11.1 Å². The van der Waals surface area contributed by atoms with Gasteiger partial charge in [0.05, 0.1) is 16.9 Å². The molecule has 2 aliphatic carbocycles. The van der Waals surface area contributed by atoms with Crippen LogP contribution in [0.15, 0.2) is 87.8 Å². The third-order valence-electron chi connectivity index (χ3n) is 12.4. The Kier molecular flexibility index (Phi) is 13.3. The third-order valence-corrected chi connectivity index (χ3v) is 12.4. The van der Waals surface area contributed by atoms with Crippen molar-refractivity contribution in [2.75, 3.05) is 13.2 Å². The molecule has 1 N–H and O–H groups in total. The topological polar surface area (TPSA) is 82.1 Å². The van der Waals surface area contributed by atoms with E-state index in [-0.39, 0.29) is 23.2 Å². The van der Waals surface area contributed by atoms with Crippen molar-refractivity contribution in [3.63, 3.8) is 0 Å². The summed E-state index contributed by atoms with van der Waals surface area (Å²) in [6.07, 6.45) is 12.6. The number of carbonyl (C=O) groups is 2. The predicted molar refractivity (Wildman–Crippen MR) is 221 cm³/mol. The van der Waals surface area contributed by atoms with Gasteiger partial charge >= 0.3 is 0 Å². The van der Waals surface area contributed by atoms with Gasteiger partial charge < -0.3 is 19.3 Å². The lowest BCUT2D eigenvalue weighted by molar-refractivity contribution is -0.233. The first kappa shape index (κ1) is 43.1. The quantitative estimate of drug-likeness (QED) is 0.116. The Labute approximate surface area is 326 Å². The molecule has 2 bridgehead atoms. The van der Waals surface area contributed by atoms with Gasteiger partial charge in [0.2, 0.25) is 0 Å². The smallest absolute Gasteiger partial charge is 0.200 e. The number of ether oxygens (including phenoxy) is 3. The molecule has 1 saturated carbocycles. The molecule has 0 radical (unpaired) electrons. The van der Waals surface area contributed by atoms with E-state index in [9.17, 15) is 5.11 Å². The Morgan fingerprint density at radius 3 is 1.78 bits per heavy atom. The second-order valence-electron chi connectivity index (χ2n) is 18.5. The van der Waals surface area contributed by atoms with Crippen LogP contribution < -0.4 is 9.47 Å². The molecule has 1 spiro atoms. The highest BCUT2D eigenvalue weighted by Gasteiger charge is 2.74. The van der Waals surface area contributed by atoms with Crippen LogP contribution in [0.25, 0.3) is 0 Å². The van der Waals surface area contributed by atoms with E-state index < -0.39 is 33.7 Å². The molecule has 5 atom stereocenters. The van der Waals surface area contributed by atoms with Crippen molar-refractivity contribution in [1.82, 2.24) is 0 Å². The van der Waals surface area contributed by atoms with Crippen molar-refractivity contribution in [1.29, 1.82) is 0 Å². The fraction of sp³-hybridized carbons (Fsp3) is 0.583. The van der Waals surface area contributed by atoms with Crippen LogP contribution in [0, 0.1) is 28.1 Å². The van der Waals surface area contributed by atoms with Crippen LogP contribution in [0.1, 0.15) is 139 Å². The van der Waals surface area contributed by atoms with E-state index in [0.29, 0.717) is 55.3 Å². The zero-order valence-electron chi connectivity index (χ0n) is 35.8. The van der Waals surface area contributed by atoms with Crippen molar-refractivity contribution >= 4 is 11.6 Å². The van der Waals surface area contributed by atoms with Gasteiger partial charge in [0.15, 0.2) is 23.1 Å². The minimum atomic E-state index is -1.26. The molecule has 1 aromatic carbocycles. The van der Waals surface area contributed by atoms with Crippen molar-refractivity contribution in [3.05, 3.63) is 93.3 Å². The maximum atomic E-state index is 15.7. The zero-order chi connectivity index (χ0) is 40.4. The van der Waals surface area contributed by atoms with E-state index >= 15 is 9.59 Å². The lowest BCUT2D eigenvalue weighted by Gasteiger charge is -2.67. The molecule has 54 heavy (non-hydrogen) atoms. The summed E-state index contributed by atoms with van der Waals surface area (Å²) in [6, 6.07) is 5.18. The number of Topliss-reactive ketones (excluding diaryl/α,β-unsaturated/α-hetero) is 2. The summed E-state index contributed by atoms with van der Waals surface area (Å²) >= 11 is 0. The standard InChI is InChI=1S/C48H68O6/c1-30(2)15-18-36-28-47-29-37(19-16-31(3)4)46(13,14)54-43(47)40(42(50)48(44(47)51,45(36,11)12)24-21-32(5)6)41(49)35-17-20-38(52-25-22-33(7)8)39(27-35)53-26-23-34(9)10/h15-17,20-23,27,36-37,44,51H,18-19,24-26,28-29H2,1-14H3. The molecular weight excluding hydrogens is 673 g/mol. The van der Waals surface area contributed by atoms with Crippen LogP contribution >= 0.6 is 0 Å². The Balaban J connectivity index is 2.03. The molecule has 0 aromatic heterocycles. The average molecular weight is 741 g/mol. The minimum Gasteiger partial charge on any atom is -0.490 e. The fourth-order valence-corrected chi connectivity index (χ4v) is 8.84. The SMILES string of the molecule is CC(C)=CCOc1ccc(C(=O)C2=C3OC(C)(C)C(CC=C(C)C)CC34CC(CC=C(C)C)C(C)(C)C(CC=C(C)C)(C2=O)C4O)cc1OCC=C(C)C. The molecule has 1 aromatic rings. The third kappa shape index (κ3) is 8.44. The summed E-state index contributed by atoms with van der Waals surface area (Å²) in [5.74, 6) is 0.676. The second-order valence-corrected chi connectivity index (χ2v) is 18.5. The number of aliphatic hydroxyl groups excluding tert-OH is 1. The maximum absolute atomic E-state index is 15.7. The highest BCUT2D eigenvalue weighted by Crippen LogP contribution is 2.71. The number of fused-ring (bicyclic) bond motifs is 1. The first-order valence-corrected chi connectivity index (χ1v) is 19.9. The Bertz CT molecular complexity index is 1770. The van der Waals surface area contributed by atoms with Crippen molar-refractivity contribution in [3.8, 4) is 11.5 Å². The van der Waals surface area contributed by atoms with E-state index in [4.69, 9.17) is 14.2 Å². The van der Waals surface area contributed by atoms with Gasteiger partial charge in [-0.3, -0.25) is 9.59 Å². The number of allylic oxidation sites excluding steroid dienone is 9. The number of aliphatic hydroxyl groups is 1. The van der Waals surface area contributed by atoms with E-state index in [1.807, 2.05) is 53.7 Å². The lowest BCUT2D eigenvalue weighted by Crippen LogP contribution is -2.71. The number of benzene rings is 1. The second kappa shape index (κ2) is 16.6. The van der Waals surface area contributed by atoms with Gasteiger partial charge in [-0.25, -0.2) is 0 Å². The molecular formula is C48H68O6. The Hall–Kier alpha value is -3.64. The minimum absolute atomic E-state index is 0.0501. The predicted octanol–water partition coefficient (Wildman–Crippen LogP) is 11.7. The van der Waals surface area contributed by atoms with Crippen molar-refractivity contribution in [2.45, 2.75) is 141 Å². The van der Waals surface area contributed by atoms with Crippen LogP contribution in [0.3, 0.4) is 0 Å². The van der Waals surface area contributed by atoms with E-state index in [0.717, 1.165) is 29.6 Å². The highest BCUT2D eigenvalue weighted by molar-refractivity contribution is 6.29. The summed E-state index contributed by atoms with van der Waals surface area (Å²) in [5, 5.41) is 13.1. The Morgan fingerprint density at radius 2 is 1.24 bits per heavy atom. The molecule has 0 amide bonds. The Morgan fingerprint density at radius 1 is 0.741 bits per heavy atom. The number of ketones is 2. The van der Waals surface area contributed by atoms with Crippen LogP contribution in [0.4, 0.5) is 0 Å². The molecule has 2 fully saturated rings. The first-order valence-electron chi connectivity index (χ1n) is 19.9. The number of hydrogen-bond acceptors (Lipinski definition) is 6. The maximum Gasteiger partial charge on any atom is 0.200 e. The fourth-order valence-electron chi connectivity index (χ4n) is 8.84.